The lowest BCUT2D eigenvalue weighted by atomic mass is 10.0. The Labute approximate surface area is 179 Å². The standard InChI is InChI=1S/C23H20ClNO5/c1-28-19-11-12-20(21(13-19)29-2)25-22(26)14-30-18-9-5-16(6-10-18)23(27)15-3-7-17(24)8-4-15/h3-13H,14H2,1-2H3,(H,25,26). The van der Waals surface area contributed by atoms with Gasteiger partial charge in [-0.3, -0.25) is 9.59 Å². The van der Waals surface area contributed by atoms with Crippen molar-refractivity contribution in [2.75, 3.05) is 26.1 Å². The Morgan fingerprint density at radius 1 is 0.833 bits per heavy atom. The molecule has 0 fully saturated rings. The van der Waals surface area contributed by atoms with Crippen LogP contribution in [-0.4, -0.2) is 32.5 Å². The van der Waals surface area contributed by atoms with Crippen LogP contribution in [0.2, 0.25) is 5.02 Å². The number of carbonyl (C=O) groups excluding carboxylic acids is 2. The van der Waals surface area contributed by atoms with E-state index >= 15 is 0 Å². The molecule has 0 aliphatic carbocycles. The van der Waals surface area contributed by atoms with Crippen molar-refractivity contribution < 1.29 is 23.8 Å². The first-order chi connectivity index (χ1) is 14.5. The van der Waals surface area contributed by atoms with Crippen LogP contribution in [0.25, 0.3) is 0 Å². The molecule has 0 saturated heterocycles. The fourth-order valence-corrected chi connectivity index (χ4v) is 2.83. The van der Waals surface area contributed by atoms with E-state index in [0.717, 1.165) is 0 Å². The zero-order chi connectivity index (χ0) is 21.5. The molecule has 0 bridgehead atoms. The summed E-state index contributed by atoms with van der Waals surface area (Å²) in [7, 11) is 3.06. The summed E-state index contributed by atoms with van der Waals surface area (Å²) in [4.78, 5) is 24.7. The van der Waals surface area contributed by atoms with E-state index < -0.39 is 0 Å². The summed E-state index contributed by atoms with van der Waals surface area (Å²) in [5.41, 5.74) is 1.56. The molecule has 0 heterocycles. The van der Waals surface area contributed by atoms with Gasteiger partial charge in [-0.15, -0.1) is 0 Å². The van der Waals surface area contributed by atoms with Gasteiger partial charge < -0.3 is 19.5 Å². The number of carbonyl (C=O) groups is 2. The van der Waals surface area contributed by atoms with Crippen molar-refractivity contribution in [1.82, 2.24) is 0 Å². The maximum atomic E-state index is 12.5. The predicted octanol–water partition coefficient (Wildman–Crippen LogP) is 4.61. The molecule has 0 aliphatic rings. The van der Waals surface area contributed by atoms with Crippen molar-refractivity contribution in [2.24, 2.45) is 0 Å². The first-order valence-electron chi connectivity index (χ1n) is 9.05. The molecule has 0 radical (unpaired) electrons. The van der Waals surface area contributed by atoms with Gasteiger partial charge in [0, 0.05) is 22.2 Å². The molecule has 0 saturated carbocycles. The van der Waals surface area contributed by atoms with Crippen molar-refractivity contribution in [1.29, 1.82) is 0 Å². The molecule has 0 aromatic heterocycles. The van der Waals surface area contributed by atoms with Gasteiger partial charge in [0.1, 0.15) is 17.2 Å². The molecule has 3 aromatic rings. The highest BCUT2D eigenvalue weighted by Crippen LogP contribution is 2.29. The molecule has 1 amide bonds. The highest BCUT2D eigenvalue weighted by molar-refractivity contribution is 6.30. The lowest BCUT2D eigenvalue weighted by Gasteiger charge is -2.12. The first kappa shape index (κ1) is 21.2. The van der Waals surface area contributed by atoms with Crippen LogP contribution in [0.3, 0.4) is 0 Å². The van der Waals surface area contributed by atoms with Gasteiger partial charge in [-0.05, 0) is 60.7 Å². The van der Waals surface area contributed by atoms with E-state index in [0.29, 0.717) is 39.1 Å². The number of benzene rings is 3. The van der Waals surface area contributed by atoms with Gasteiger partial charge in [0.15, 0.2) is 12.4 Å². The minimum Gasteiger partial charge on any atom is -0.497 e. The maximum Gasteiger partial charge on any atom is 0.262 e. The van der Waals surface area contributed by atoms with E-state index in [1.54, 1.807) is 73.8 Å². The van der Waals surface area contributed by atoms with Crippen molar-refractivity contribution in [3.05, 3.63) is 82.9 Å². The van der Waals surface area contributed by atoms with Gasteiger partial charge >= 0.3 is 0 Å². The second-order valence-electron chi connectivity index (χ2n) is 6.26. The number of hydrogen-bond donors (Lipinski definition) is 1. The average molecular weight is 426 g/mol. The third-order valence-corrected chi connectivity index (χ3v) is 4.53. The number of nitrogens with one attached hydrogen (secondary N) is 1. The summed E-state index contributed by atoms with van der Waals surface area (Å²) in [6.45, 7) is -0.195. The Morgan fingerprint density at radius 2 is 1.43 bits per heavy atom. The number of methoxy groups -OCH3 is 2. The van der Waals surface area contributed by atoms with E-state index in [9.17, 15) is 9.59 Å². The van der Waals surface area contributed by atoms with Gasteiger partial charge in [-0.1, -0.05) is 11.6 Å². The molecule has 7 heteroatoms. The normalized spacial score (nSPS) is 10.2. The van der Waals surface area contributed by atoms with E-state index in [1.165, 1.54) is 7.11 Å². The molecule has 6 nitrogen and oxygen atoms in total. The molecule has 30 heavy (non-hydrogen) atoms. The van der Waals surface area contributed by atoms with Crippen molar-refractivity contribution in [3.63, 3.8) is 0 Å². The fourth-order valence-electron chi connectivity index (χ4n) is 2.71. The summed E-state index contributed by atoms with van der Waals surface area (Å²) in [6, 6.07) is 18.3. The fraction of sp³-hybridized carbons (Fsp3) is 0.130. The quantitative estimate of drug-likeness (QED) is 0.534. The predicted molar refractivity (Wildman–Crippen MR) is 115 cm³/mol. The smallest absolute Gasteiger partial charge is 0.262 e. The zero-order valence-corrected chi connectivity index (χ0v) is 17.2. The number of amides is 1. The topological polar surface area (TPSA) is 73.9 Å². The molecule has 3 rings (SSSR count). The molecular weight excluding hydrogens is 406 g/mol. The van der Waals surface area contributed by atoms with Crippen LogP contribution < -0.4 is 19.5 Å². The van der Waals surface area contributed by atoms with Gasteiger partial charge in [0.2, 0.25) is 0 Å². The SMILES string of the molecule is COc1ccc(NC(=O)COc2ccc(C(=O)c3ccc(Cl)cc3)cc2)c(OC)c1. The summed E-state index contributed by atoms with van der Waals surface area (Å²) < 4.78 is 15.9. The van der Waals surface area contributed by atoms with Gasteiger partial charge in [-0.2, -0.15) is 0 Å². The van der Waals surface area contributed by atoms with Gasteiger partial charge in [0.25, 0.3) is 5.91 Å². The first-order valence-corrected chi connectivity index (χ1v) is 9.43. The Morgan fingerprint density at radius 3 is 2.03 bits per heavy atom. The number of halogens is 1. The number of rotatable bonds is 8. The highest BCUT2D eigenvalue weighted by atomic mass is 35.5. The monoisotopic (exact) mass is 425 g/mol. The van der Waals surface area contributed by atoms with Gasteiger partial charge in [0.05, 0.1) is 19.9 Å². The van der Waals surface area contributed by atoms with Crippen molar-refractivity contribution in [3.8, 4) is 17.2 Å². The van der Waals surface area contributed by atoms with Crippen LogP contribution in [0.1, 0.15) is 15.9 Å². The molecule has 0 spiro atoms. The van der Waals surface area contributed by atoms with E-state index in [1.807, 2.05) is 0 Å². The molecule has 0 unspecified atom stereocenters. The number of anilines is 1. The Bertz CT molecular complexity index is 1030. The van der Waals surface area contributed by atoms with Gasteiger partial charge in [-0.25, -0.2) is 0 Å². The largest absolute Gasteiger partial charge is 0.497 e. The zero-order valence-electron chi connectivity index (χ0n) is 16.5. The van der Waals surface area contributed by atoms with Crippen LogP contribution in [0.4, 0.5) is 5.69 Å². The van der Waals surface area contributed by atoms with Crippen molar-refractivity contribution >= 4 is 29.0 Å². The second-order valence-corrected chi connectivity index (χ2v) is 6.70. The molecule has 1 N–H and O–H groups in total. The lowest BCUT2D eigenvalue weighted by Crippen LogP contribution is -2.20. The van der Waals surface area contributed by atoms with Crippen LogP contribution in [0.15, 0.2) is 66.7 Å². The minimum atomic E-state index is -0.347. The third-order valence-electron chi connectivity index (χ3n) is 4.28. The highest BCUT2D eigenvalue weighted by Gasteiger charge is 2.11. The van der Waals surface area contributed by atoms with Crippen LogP contribution in [-0.2, 0) is 4.79 Å². The number of hydrogen-bond acceptors (Lipinski definition) is 5. The molecular formula is C23H20ClNO5. The lowest BCUT2D eigenvalue weighted by molar-refractivity contribution is -0.118. The summed E-state index contributed by atoms with van der Waals surface area (Å²) in [5.74, 6) is 1.10. The van der Waals surface area contributed by atoms with Crippen molar-refractivity contribution in [2.45, 2.75) is 0 Å². The van der Waals surface area contributed by atoms with E-state index in [-0.39, 0.29) is 18.3 Å². The Kier molecular flexibility index (Phi) is 6.93. The second kappa shape index (κ2) is 9.80. The molecule has 0 atom stereocenters. The Balaban J connectivity index is 1.58. The minimum absolute atomic E-state index is 0.123. The molecule has 0 aliphatic heterocycles. The third kappa shape index (κ3) is 5.30. The average Bonchev–Trinajstić information content (AvgIpc) is 2.78. The maximum absolute atomic E-state index is 12.5. The van der Waals surface area contributed by atoms with E-state index in [2.05, 4.69) is 5.32 Å². The molecule has 154 valence electrons. The van der Waals surface area contributed by atoms with E-state index in [4.69, 9.17) is 25.8 Å². The van der Waals surface area contributed by atoms with Crippen LogP contribution in [0.5, 0.6) is 17.2 Å². The Hall–Kier alpha value is -3.51. The summed E-state index contributed by atoms with van der Waals surface area (Å²) >= 11 is 5.85. The van der Waals surface area contributed by atoms with Crippen LogP contribution in [0, 0.1) is 0 Å². The summed E-state index contributed by atoms with van der Waals surface area (Å²) in [6.07, 6.45) is 0. The van der Waals surface area contributed by atoms with Crippen LogP contribution >= 0.6 is 11.6 Å². The number of ketones is 1. The number of ether oxygens (including phenoxy) is 3. The summed E-state index contributed by atoms with van der Waals surface area (Å²) in [5, 5.41) is 3.30. The molecule has 3 aromatic carbocycles.